The molecule has 0 bridgehead atoms. The van der Waals surface area contributed by atoms with Crippen LogP contribution in [0.25, 0.3) is 0 Å². The minimum atomic E-state index is -0.614. The van der Waals surface area contributed by atoms with Crippen molar-refractivity contribution in [2.75, 3.05) is 58.5 Å². The minimum absolute atomic E-state index is 0.348. The van der Waals surface area contributed by atoms with Crippen LogP contribution in [0.2, 0.25) is 0 Å². The molecule has 9 heteroatoms. The van der Waals surface area contributed by atoms with Gasteiger partial charge in [-0.2, -0.15) is 0 Å². The van der Waals surface area contributed by atoms with Gasteiger partial charge in [0, 0.05) is 38.4 Å². The molecule has 0 spiro atoms. The summed E-state index contributed by atoms with van der Waals surface area (Å²) in [6, 6.07) is 14.4. The number of carbonyl (C=O) groups is 2. The Balaban J connectivity index is 1.53. The zero-order valence-electron chi connectivity index (χ0n) is 20.4. The Morgan fingerprint density at radius 3 is 2.40 bits per heavy atom. The third-order valence-corrected chi connectivity index (χ3v) is 6.26. The summed E-state index contributed by atoms with van der Waals surface area (Å²) in [6.45, 7) is 6.06. The first-order chi connectivity index (χ1) is 17.0. The second-order valence-corrected chi connectivity index (χ2v) is 8.35. The maximum Gasteiger partial charge on any atom is 0.338 e. The molecule has 0 aliphatic carbocycles. The number of benzene rings is 2. The fourth-order valence-corrected chi connectivity index (χ4v) is 4.53. The molecule has 1 fully saturated rings. The van der Waals surface area contributed by atoms with E-state index in [2.05, 4.69) is 26.5 Å². The SMILES string of the molecule is CCOc1ccc([C@H]2NC(=O)NC(CN3CCN(c4ccccc4OC)CC3)=C2C(=O)OC)cc1. The Kier molecular flexibility index (Phi) is 7.77. The Bertz CT molecular complexity index is 1080. The maximum atomic E-state index is 12.8. The zero-order chi connectivity index (χ0) is 24.8. The van der Waals surface area contributed by atoms with Crippen LogP contribution in [0.5, 0.6) is 11.5 Å². The van der Waals surface area contributed by atoms with Gasteiger partial charge in [-0.3, -0.25) is 4.90 Å². The number of anilines is 1. The van der Waals surface area contributed by atoms with Crippen molar-refractivity contribution in [3.63, 3.8) is 0 Å². The number of ether oxygens (including phenoxy) is 3. The van der Waals surface area contributed by atoms with Crippen molar-refractivity contribution in [3.05, 3.63) is 65.4 Å². The number of esters is 1. The van der Waals surface area contributed by atoms with Crippen molar-refractivity contribution < 1.29 is 23.8 Å². The van der Waals surface area contributed by atoms with E-state index in [1.807, 2.05) is 49.4 Å². The molecule has 2 N–H and O–H groups in total. The molecular weight excluding hydrogens is 448 g/mol. The summed E-state index contributed by atoms with van der Waals surface area (Å²) < 4.78 is 16.1. The molecule has 2 amide bonds. The molecule has 0 saturated carbocycles. The fraction of sp³-hybridized carbons (Fsp3) is 0.385. The van der Waals surface area contributed by atoms with Crippen LogP contribution in [0.4, 0.5) is 10.5 Å². The van der Waals surface area contributed by atoms with Crippen LogP contribution in [-0.4, -0.2) is 70.5 Å². The lowest BCUT2D eigenvalue weighted by molar-refractivity contribution is -0.136. The normalized spacial score (nSPS) is 18.5. The second-order valence-electron chi connectivity index (χ2n) is 8.35. The van der Waals surface area contributed by atoms with Crippen molar-refractivity contribution in [1.82, 2.24) is 15.5 Å². The van der Waals surface area contributed by atoms with E-state index in [1.54, 1.807) is 7.11 Å². The number of methoxy groups -OCH3 is 2. The standard InChI is InChI=1S/C26H32N4O5/c1-4-35-19-11-9-18(10-12-19)24-23(25(31)34-3)20(27-26(32)28-24)17-29-13-15-30(16-14-29)21-7-5-6-8-22(21)33-2/h5-12,24H,4,13-17H2,1-3H3,(H2,27,28,32)/t24-/m1/s1. The number of nitrogens with zero attached hydrogens (tertiary/aromatic N) is 2. The Morgan fingerprint density at radius 1 is 1.03 bits per heavy atom. The van der Waals surface area contributed by atoms with Gasteiger partial charge in [0.15, 0.2) is 0 Å². The van der Waals surface area contributed by atoms with Gasteiger partial charge in [0.2, 0.25) is 0 Å². The maximum absolute atomic E-state index is 12.8. The number of hydrogen-bond acceptors (Lipinski definition) is 7. The van der Waals surface area contributed by atoms with E-state index >= 15 is 0 Å². The highest BCUT2D eigenvalue weighted by Crippen LogP contribution is 2.31. The van der Waals surface area contributed by atoms with Gasteiger partial charge in [0.1, 0.15) is 11.5 Å². The van der Waals surface area contributed by atoms with E-state index < -0.39 is 12.0 Å². The molecule has 186 valence electrons. The number of amides is 2. The van der Waals surface area contributed by atoms with Crippen LogP contribution in [0, 0.1) is 0 Å². The average molecular weight is 481 g/mol. The number of para-hydroxylation sites is 2. The minimum Gasteiger partial charge on any atom is -0.495 e. The highest BCUT2D eigenvalue weighted by molar-refractivity contribution is 5.95. The van der Waals surface area contributed by atoms with Crippen LogP contribution in [0.1, 0.15) is 18.5 Å². The van der Waals surface area contributed by atoms with Gasteiger partial charge in [-0.1, -0.05) is 24.3 Å². The summed E-state index contributed by atoms with van der Waals surface area (Å²) in [5.41, 5.74) is 2.81. The van der Waals surface area contributed by atoms with E-state index in [9.17, 15) is 9.59 Å². The molecule has 0 aromatic heterocycles. The number of piperazine rings is 1. The van der Waals surface area contributed by atoms with E-state index in [1.165, 1.54) is 7.11 Å². The quantitative estimate of drug-likeness (QED) is 0.562. The Morgan fingerprint density at radius 2 is 1.74 bits per heavy atom. The number of hydrogen-bond donors (Lipinski definition) is 2. The molecule has 2 aromatic carbocycles. The largest absolute Gasteiger partial charge is 0.495 e. The van der Waals surface area contributed by atoms with Crippen LogP contribution in [0.3, 0.4) is 0 Å². The number of rotatable bonds is 8. The molecule has 2 aliphatic rings. The van der Waals surface area contributed by atoms with Gasteiger partial charge in [-0.05, 0) is 36.8 Å². The third-order valence-electron chi connectivity index (χ3n) is 6.26. The molecule has 2 aliphatic heterocycles. The predicted octanol–water partition coefficient (Wildman–Crippen LogP) is 2.70. The third kappa shape index (κ3) is 5.51. The molecule has 1 saturated heterocycles. The van der Waals surface area contributed by atoms with Gasteiger partial charge in [-0.15, -0.1) is 0 Å². The summed E-state index contributed by atoms with van der Waals surface area (Å²) >= 11 is 0. The zero-order valence-corrected chi connectivity index (χ0v) is 20.4. The van der Waals surface area contributed by atoms with Crippen molar-refractivity contribution in [2.45, 2.75) is 13.0 Å². The molecule has 35 heavy (non-hydrogen) atoms. The van der Waals surface area contributed by atoms with E-state index in [0.717, 1.165) is 48.9 Å². The first-order valence-corrected chi connectivity index (χ1v) is 11.8. The first-order valence-electron chi connectivity index (χ1n) is 11.8. The van der Waals surface area contributed by atoms with Crippen LogP contribution >= 0.6 is 0 Å². The predicted molar refractivity (Wildman–Crippen MR) is 133 cm³/mol. The molecule has 2 aromatic rings. The van der Waals surface area contributed by atoms with Gasteiger partial charge < -0.3 is 29.7 Å². The summed E-state index contributed by atoms with van der Waals surface area (Å²) in [6.07, 6.45) is 0. The lowest BCUT2D eigenvalue weighted by atomic mass is 9.95. The number of nitrogens with one attached hydrogen (secondary N) is 2. The number of carbonyl (C=O) groups excluding carboxylic acids is 2. The topological polar surface area (TPSA) is 92.4 Å². The highest BCUT2D eigenvalue weighted by Gasteiger charge is 2.34. The Labute approximate surface area is 205 Å². The van der Waals surface area contributed by atoms with E-state index in [0.29, 0.717) is 24.4 Å². The first kappa shape index (κ1) is 24.4. The van der Waals surface area contributed by atoms with Crippen LogP contribution < -0.4 is 25.0 Å². The van der Waals surface area contributed by atoms with Gasteiger partial charge >= 0.3 is 12.0 Å². The molecule has 0 unspecified atom stereocenters. The molecule has 9 nitrogen and oxygen atoms in total. The monoisotopic (exact) mass is 480 g/mol. The highest BCUT2D eigenvalue weighted by atomic mass is 16.5. The van der Waals surface area contributed by atoms with Crippen molar-refractivity contribution in [1.29, 1.82) is 0 Å². The summed E-state index contributed by atoms with van der Waals surface area (Å²) in [5.74, 6) is 1.10. The van der Waals surface area contributed by atoms with E-state index in [4.69, 9.17) is 14.2 Å². The van der Waals surface area contributed by atoms with Crippen LogP contribution in [-0.2, 0) is 9.53 Å². The van der Waals surface area contributed by atoms with Gasteiger partial charge in [0.25, 0.3) is 0 Å². The number of urea groups is 1. The second kappa shape index (κ2) is 11.1. The molecule has 0 radical (unpaired) electrons. The summed E-state index contributed by atoms with van der Waals surface area (Å²) in [5, 5.41) is 5.72. The molecular formula is C26H32N4O5. The smallest absolute Gasteiger partial charge is 0.338 e. The lowest BCUT2D eigenvalue weighted by Gasteiger charge is -2.38. The van der Waals surface area contributed by atoms with Crippen LogP contribution in [0.15, 0.2) is 59.8 Å². The van der Waals surface area contributed by atoms with Gasteiger partial charge in [0.05, 0.1) is 38.1 Å². The van der Waals surface area contributed by atoms with E-state index in [-0.39, 0.29) is 6.03 Å². The Hall–Kier alpha value is -3.72. The lowest BCUT2D eigenvalue weighted by Crippen LogP contribution is -2.51. The average Bonchev–Trinajstić information content (AvgIpc) is 2.89. The van der Waals surface area contributed by atoms with Crippen molar-refractivity contribution in [3.8, 4) is 11.5 Å². The molecule has 2 heterocycles. The summed E-state index contributed by atoms with van der Waals surface area (Å²) in [7, 11) is 3.03. The fourth-order valence-electron chi connectivity index (χ4n) is 4.53. The van der Waals surface area contributed by atoms with Crippen molar-refractivity contribution >= 4 is 17.7 Å². The molecule has 4 rings (SSSR count). The van der Waals surface area contributed by atoms with Crippen molar-refractivity contribution in [2.24, 2.45) is 0 Å². The summed E-state index contributed by atoms with van der Waals surface area (Å²) in [4.78, 5) is 29.9. The van der Waals surface area contributed by atoms with Gasteiger partial charge in [-0.25, -0.2) is 9.59 Å². The molecule has 1 atom stereocenters.